The van der Waals surface area contributed by atoms with Crippen molar-refractivity contribution < 1.29 is 5.11 Å². The van der Waals surface area contributed by atoms with E-state index in [-0.39, 0.29) is 6.10 Å². The van der Waals surface area contributed by atoms with Crippen LogP contribution in [0.4, 0.5) is 0 Å². The zero-order valence-electron chi connectivity index (χ0n) is 8.66. The Morgan fingerprint density at radius 2 is 2.36 bits per heavy atom. The predicted molar refractivity (Wildman–Crippen MR) is 61.0 cm³/mol. The summed E-state index contributed by atoms with van der Waals surface area (Å²) < 4.78 is 0. The summed E-state index contributed by atoms with van der Waals surface area (Å²) in [5, 5.41) is 9.30. The smallest absolute Gasteiger partial charge is 0.0552 e. The van der Waals surface area contributed by atoms with Gasteiger partial charge in [-0.2, -0.15) is 0 Å². The summed E-state index contributed by atoms with van der Waals surface area (Å²) in [4.78, 5) is 1.41. The molecule has 0 bridgehead atoms. The van der Waals surface area contributed by atoms with Crippen LogP contribution >= 0.6 is 11.8 Å². The molecule has 2 unspecified atom stereocenters. The molecule has 0 aromatic heterocycles. The highest BCUT2D eigenvalue weighted by molar-refractivity contribution is 7.99. The number of fused-ring (bicyclic) bond motifs is 1. The van der Waals surface area contributed by atoms with Gasteiger partial charge in [0.05, 0.1) is 6.10 Å². The second kappa shape index (κ2) is 3.95. The van der Waals surface area contributed by atoms with Crippen molar-refractivity contribution in [3.8, 4) is 0 Å². The van der Waals surface area contributed by atoms with Gasteiger partial charge in [-0.15, -0.1) is 11.8 Å². The number of aliphatic hydroxyl groups excluding tert-OH is 1. The topological polar surface area (TPSA) is 20.2 Å². The van der Waals surface area contributed by atoms with E-state index in [1.165, 1.54) is 21.8 Å². The highest BCUT2D eigenvalue weighted by Crippen LogP contribution is 2.39. The molecule has 0 saturated heterocycles. The van der Waals surface area contributed by atoms with Crippen molar-refractivity contribution in [2.24, 2.45) is 0 Å². The second-order valence-corrected chi connectivity index (χ2v) is 5.20. The van der Waals surface area contributed by atoms with Crippen molar-refractivity contribution in [3.63, 3.8) is 0 Å². The van der Waals surface area contributed by atoms with Gasteiger partial charge in [-0.25, -0.2) is 0 Å². The average Bonchev–Trinajstić information content (AvgIpc) is 2.46. The van der Waals surface area contributed by atoms with Crippen LogP contribution < -0.4 is 0 Å². The van der Waals surface area contributed by atoms with E-state index in [4.69, 9.17) is 0 Å². The van der Waals surface area contributed by atoms with Gasteiger partial charge in [0.1, 0.15) is 0 Å². The van der Waals surface area contributed by atoms with Crippen LogP contribution in [0.25, 0.3) is 0 Å². The Morgan fingerprint density at radius 1 is 1.57 bits per heavy atom. The number of thioether (sulfide) groups is 1. The minimum Gasteiger partial charge on any atom is -0.393 e. The first kappa shape index (κ1) is 10.1. The summed E-state index contributed by atoms with van der Waals surface area (Å²) in [6.07, 6.45) is 0.527. The van der Waals surface area contributed by atoms with Gasteiger partial charge < -0.3 is 5.11 Å². The first-order valence-electron chi connectivity index (χ1n) is 5.10. The highest BCUT2D eigenvalue weighted by Gasteiger charge is 2.19. The first-order chi connectivity index (χ1) is 6.66. The monoisotopic (exact) mass is 208 g/mol. The van der Waals surface area contributed by atoms with E-state index in [9.17, 15) is 5.11 Å². The molecule has 2 rings (SSSR count). The average molecular weight is 208 g/mol. The molecular weight excluding hydrogens is 192 g/mol. The Bertz CT molecular complexity index is 333. The van der Waals surface area contributed by atoms with E-state index < -0.39 is 0 Å². The quantitative estimate of drug-likeness (QED) is 0.806. The molecule has 1 aliphatic rings. The SMILES string of the molecule is CC(O)Cc1ccc2c(c1)SCC2C. The van der Waals surface area contributed by atoms with Crippen molar-refractivity contribution in [2.75, 3.05) is 5.75 Å². The van der Waals surface area contributed by atoms with Crippen molar-refractivity contribution >= 4 is 11.8 Å². The zero-order chi connectivity index (χ0) is 10.1. The van der Waals surface area contributed by atoms with Gasteiger partial charge in [-0.05, 0) is 36.5 Å². The van der Waals surface area contributed by atoms with Crippen LogP contribution in [-0.2, 0) is 6.42 Å². The lowest BCUT2D eigenvalue weighted by atomic mass is 10.00. The van der Waals surface area contributed by atoms with E-state index in [0.29, 0.717) is 5.92 Å². The summed E-state index contributed by atoms with van der Waals surface area (Å²) in [6, 6.07) is 6.60. The molecule has 0 aliphatic carbocycles. The molecule has 2 atom stereocenters. The fourth-order valence-electron chi connectivity index (χ4n) is 1.88. The number of hydrogen-bond acceptors (Lipinski definition) is 2. The van der Waals surface area contributed by atoms with Crippen LogP contribution in [0.3, 0.4) is 0 Å². The van der Waals surface area contributed by atoms with Gasteiger partial charge in [0.2, 0.25) is 0 Å². The first-order valence-corrected chi connectivity index (χ1v) is 6.09. The van der Waals surface area contributed by atoms with Crippen LogP contribution in [0.1, 0.15) is 30.9 Å². The number of benzene rings is 1. The van der Waals surface area contributed by atoms with Gasteiger partial charge in [-0.1, -0.05) is 19.1 Å². The molecule has 1 nitrogen and oxygen atoms in total. The molecule has 14 heavy (non-hydrogen) atoms. The van der Waals surface area contributed by atoms with Crippen LogP contribution in [0.5, 0.6) is 0 Å². The lowest BCUT2D eigenvalue weighted by Gasteiger charge is -2.07. The third-order valence-electron chi connectivity index (χ3n) is 2.63. The fourth-order valence-corrected chi connectivity index (χ4v) is 3.16. The fraction of sp³-hybridized carbons (Fsp3) is 0.500. The Morgan fingerprint density at radius 3 is 3.07 bits per heavy atom. The van der Waals surface area contributed by atoms with E-state index in [1.807, 2.05) is 18.7 Å². The van der Waals surface area contributed by atoms with Crippen LogP contribution in [0.15, 0.2) is 23.1 Å². The lowest BCUT2D eigenvalue weighted by molar-refractivity contribution is 0.195. The summed E-state index contributed by atoms with van der Waals surface area (Å²) in [7, 11) is 0. The van der Waals surface area contributed by atoms with Crippen LogP contribution in [0, 0.1) is 0 Å². The van der Waals surface area contributed by atoms with E-state index in [0.717, 1.165) is 6.42 Å². The number of aliphatic hydroxyl groups is 1. The highest BCUT2D eigenvalue weighted by atomic mass is 32.2. The lowest BCUT2D eigenvalue weighted by Crippen LogP contribution is -2.04. The molecule has 1 aliphatic heterocycles. The summed E-state index contributed by atoms with van der Waals surface area (Å²) >= 11 is 1.94. The second-order valence-electron chi connectivity index (χ2n) is 4.14. The van der Waals surface area contributed by atoms with Crippen molar-refractivity contribution in [3.05, 3.63) is 29.3 Å². The molecular formula is C12H16OS. The van der Waals surface area contributed by atoms with E-state index >= 15 is 0 Å². The molecule has 1 aromatic carbocycles. The maximum absolute atomic E-state index is 9.30. The minimum absolute atomic E-state index is 0.239. The van der Waals surface area contributed by atoms with Gasteiger partial charge >= 0.3 is 0 Å². The van der Waals surface area contributed by atoms with Crippen molar-refractivity contribution in [1.29, 1.82) is 0 Å². The molecule has 0 spiro atoms. The third-order valence-corrected chi connectivity index (χ3v) is 3.96. The maximum Gasteiger partial charge on any atom is 0.0552 e. The largest absolute Gasteiger partial charge is 0.393 e. The summed E-state index contributed by atoms with van der Waals surface area (Å²) in [5.74, 6) is 1.89. The zero-order valence-corrected chi connectivity index (χ0v) is 9.47. The Hall–Kier alpha value is -0.470. The van der Waals surface area contributed by atoms with Gasteiger partial charge in [0.15, 0.2) is 0 Å². The molecule has 1 N–H and O–H groups in total. The summed E-state index contributed by atoms with van der Waals surface area (Å²) in [5.41, 5.74) is 2.73. The Balaban J connectivity index is 2.24. The van der Waals surface area contributed by atoms with Gasteiger partial charge in [0, 0.05) is 10.6 Å². The molecule has 76 valence electrons. The molecule has 0 radical (unpaired) electrons. The molecule has 1 heterocycles. The normalized spacial score (nSPS) is 22.1. The van der Waals surface area contributed by atoms with E-state index in [1.54, 1.807) is 0 Å². The van der Waals surface area contributed by atoms with Gasteiger partial charge in [0.25, 0.3) is 0 Å². The summed E-state index contributed by atoms with van der Waals surface area (Å²) in [6.45, 7) is 4.11. The predicted octanol–water partition coefficient (Wildman–Crippen LogP) is 2.82. The van der Waals surface area contributed by atoms with Crippen molar-refractivity contribution in [2.45, 2.75) is 37.2 Å². The molecule has 1 aromatic rings. The molecule has 0 fully saturated rings. The standard InChI is InChI=1S/C12H16OS/c1-8-7-14-12-6-10(5-9(2)13)3-4-11(8)12/h3-4,6,8-9,13H,5,7H2,1-2H3. The third kappa shape index (κ3) is 1.96. The van der Waals surface area contributed by atoms with E-state index in [2.05, 4.69) is 25.1 Å². The molecule has 0 amide bonds. The van der Waals surface area contributed by atoms with Crippen molar-refractivity contribution in [1.82, 2.24) is 0 Å². The minimum atomic E-state index is -0.239. The van der Waals surface area contributed by atoms with Crippen LogP contribution in [0.2, 0.25) is 0 Å². The maximum atomic E-state index is 9.30. The molecule has 0 saturated carbocycles. The molecule has 2 heteroatoms. The Labute approximate surface area is 89.5 Å². The van der Waals surface area contributed by atoms with Crippen LogP contribution in [-0.4, -0.2) is 17.0 Å². The number of rotatable bonds is 2. The Kier molecular flexibility index (Phi) is 2.84. The van der Waals surface area contributed by atoms with Gasteiger partial charge in [-0.3, -0.25) is 0 Å². The number of hydrogen-bond donors (Lipinski definition) is 1.